The van der Waals surface area contributed by atoms with Crippen molar-refractivity contribution in [1.29, 1.82) is 0 Å². The standard InChI is InChI=1S/C23H32ClN3O5S/c24-21-7-6-19(33(30,31)27-12-14-32-15-13-27)16-20(21)23(29)26-10-8-18(9-11-26)25-22(28)17-4-2-1-3-5-17/h6-7,16-18H,1-5,8-15H2,(H,25,28). The SMILES string of the molecule is O=C(NC1CCN(C(=O)c2cc(S(=O)(=O)N3CCOCC3)ccc2Cl)CC1)C1CCCCC1. The summed E-state index contributed by atoms with van der Waals surface area (Å²) >= 11 is 6.30. The first-order chi connectivity index (χ1) is 15.9. The van der Waals surface area contributed by atoms with E-state index in [1.165, 1.54) is 28.9 Å². The fourth-order valence-corrected chi connectivity index (χ4v) is 6.48. The molecule has 0 atom stereocenters. The monoisotopic (exact) mass is 497 g/mol. The number of carbonyl (C=O) groups is 2. The summed E-state index contributed by atoms with van der Waals surface area (Å²) in [4.78, 5) is 27.5. The second-order valence-corrected chi connectivity index (χ2v) is 11.4. The number of nitrogens with zero attached hydrogens (tertiary/aromatic N) is 2. The lowest BCUT2D eigenvalue weighted by molar-refractivity contribution is -0.126. The molecule has 0 spiro atoms. The number of piperidine rings is 1. The topological polar surface area (TPSA) is 96.0 Å². The van der Waals surface area contributed by atoms with E-state index in [0.717, 1.165) is 25.7 Å². The van der Waals surface area contributed by atoms with Gasteiger partial charge in [-0.2, -0.15) is 4.31 Å². The first-order valence-corrected chi connectivity index (χ1v) is 13.6. The Bertz CT molecular complexity index is 966. The zero-order valence-electron chi connectivity index (χ0n) is 18.8. The van der Waals surface area contributed by atoms with Crippen LogP contribution in [-0.2, 0) is 19.6 Å². The summed E-state index contributed by atoms with van der Waals surface area (Å²) < 4.78 is 32.6. The van der Waals surface area contributed by atoms with Crippen LogP contribution in [0.15, 0.2) is 23.1 Å². The molecule has 3 fully saturated rings. The van der Waals surface area contributed by atoms with Crippen molar-refractivity contribution in [3.05, 3.63) is 28.8 Å². The molecule has 2 saturated heterocycles. The molecule has 0 aromatic heterocycles. The van der Waals surface area contributed by atoms with Gasteiger partial charge in [-0.05, 0) is 43.9 Å². The second kappa shape index (κ2) is 10.7. The Morgan fingerprint density at radius 3 is 2.30 bits per heavy atom. The van der Waals surface area contributed by atoms with Crippen LogP contribution < -0.4 is 5.32 Å². The molecule has 2 amide bonds. The van der Waals surface area contributed by atoms with E-state index in [2.05, 4.69) is 5.32 Å². The Balaban J connectivity index is 1.38. The fraction of sp³-hybridized carbons (Fsp3) is 0.652. The third-order valence-electron chi connectivity index (χ3n) is 6.88. The molecule has 0 radical (unpaired) electrons. The van der Waals surface area contributed by atoms with Crippen molar-refractivity contribution in [1.82, 2.24) is 14.5 Å². The maximum atomic E-state index is 13.2. The van der Waals surface area contributed by atoms with Gasteiger partial charge >= 0.3 is 0 Å². The van der Waals surface area contributed by atoms with Crippen molar-refractivity contribution in [3.8, 4) is 0 Å². The molecule has 1 aromatic rings. The molecule has 1 saturated carbocycles. The van der Waals surface area contributed by atoms with E-state index in [4.69, 9.17) is 16.3 Å². The quantitative estimate of drug-likeness (QED) is 0.674. The van der Waals surface area contributed by atoms with E-state index >= 15 is 0 Å². The summed E-state index contributed by atoms with van der Waals surface area (Å²) in [6.45, 7) is 2.26. The number of amides is 2. The highest BCUT2D eigenvalue weighted by molar-refractivity contribution is 7.89. The molecule has 3 aliphatic rings. The molecular weight excluding hydrogens is 466 g/mol. The minimum absolute atomic E-state index is 0.0618. The number of morpholine rings is 1. The Labute approximate surface area is 200 Å². The lowest BCUT2D eigenvalue weighted by Crippen LogP contribution is -2.48. The summed E-state index contributed by atoms with van der Waals surface area (Å²) in [5, 5.41) is 3.40. The summed E-state index contributed by atoms with van der Waals surface area (Å²) in [5.74, 6) is -0.0204. The second-order valence-electron chi connectivity index (χ2n) is 9.07. The van der Waals surface area contributed by atoms with Crippen LogP contribution in [0, 0.1) is 5.92 Å². The van der Waals surface area contributed by atoms with E-state index in [0.29, 0.717) is 39.1 Å². The van der Waals surface area contributed by atoms with Crippen molar-refractivity contribution in [2.24, 2.45) is 5.92 Å². The number of benzene rings is 1. The number of sulfonamides is 1. The number of halogens is 1. The number of hydrogen-bond acceptors (Lipinski definition) is 5. The van der Waals surface area contributed by atoms with Crippen LogP contribution in [0.25, 0.3) is 0 Å². The molecule has 33 heavy (non-hydrogen) atoms. The minimum Gasteiger partial charge on any atom is -0.379 e. The molecule has 1 aliphatic carbocycles. The van der Waals surface area contributed by atoms with Gasteiger partial charge in [-0.1, -0.05) is 30.9 Å². The van der Waals surface area contributed by atoms with Gasteiger partial charge < -0.3 is 15.0 Å². The number of likely N-dealkylation sites (tertiary alicyclic amines) is 1. The summed E-state index contributed by atoms with van der Waals surface area (Å²) in [6, 6.07) is 4.36. The Morgan fingerprint density at radius 1 is 0.970 bits per heavy atom. The van der Waals surface area contributed by atoms with Crippen LogP contribution in [0.5, 0.6) is 0 Å². The fourth-order valence-electron chi connectivity index (χ4n) is 4.85. The van der Waals surface area contributed by atoms with Crippen molar-refractivity contribution in [2.45, 2.75) is 55.9 Å². The zero-order valence-corrected chi connectivity index (χ0v) is 20.4. The number of nitrogens with one attached hydrogen (secondary N) is 1. The molecule has 4 rings (SSSR count). The predicted molar refractivity (Wildman–Crippen MR) is 125 cm³/mol. The van der Waals surface area contributed by atoms with Gasteiger partial charge in [-0.3, -0.25) is 9.59 Å². The number of hydrogen-bond donors (Lipinski definition) is 1. The van der Waals surface area contributed by atoms with Gasteiger partial charge in [0.2, 0.25) is 15.9 Å². The van der Waals surface area contributed by atoms with Crippen molar-refractivity contribution in [3.63, 3.8) is 0 Å². The van der Waals surface area contributed by atoms with Gasteiger partial charge in [0.05, 0.1) is 28.7 Å². The largest absolute Gasteiger partial charge is 0.379 e. The van der Waals surface area contributed by atoms with E-state index in [1.54, 1.807) is 4.90 Å². The molecule has 10 heteroatoms. The summed E-state index contributed by atoms with van der Waals surface area (Å²) in [7, 11) is -3.72. The summed E-state index contributed by atoms with van der Waals surface area (Å²) in [5.41, 5.74) is 0.190. The van der Waals surface area contributed by atoms with E-state index in [1.807, 2.05) is 0 Å². The van der Waals surface area contributed by atoms with E-state index < -0.39 is 10.0 Å². The van der Waals surface area contributed by atoms with E-state index in [-0.39, 0.29) is 52.3 Å². The van der Waals surface area contributed by atoms with Crippen LogP contribution in [0.4, 0.5) is 0 Å². The molecule has 2 heterocycles. The number of rotatable bonds is 5. The first kappa shape index (κ1) is 24.4. The molecule has 182 valence electrons. The smallest absolute Gasteiger partial charge is 0.255 e. The van der Waals surface area contributed by atoms with Crippen LogP contribution in [-0.4, -0.2) is 74.9 Å². The third kappa shape index (κ3) is 5.70. The third-order valence-corrected chi connectivity index (χ3v) is 9.10. The molecule has 0 bridgehead atoms. The molecular formula is C23H32ClN3O5S. The van der Waals surface area contributed by atoms with Gasteiger partial charge in [0.1, 0.15) is 0 Å². The van der Waals surface area contributed by atoms with Gasteiger partial charge in [0, 0.05) is 38.1 Å². The molecule has 2 aliphatic heterocycles. The zero-order chi connectivity index (χ0) is 23.4. The highest BCUT2D eigenvalue weighted by Gasteiger charge is 2.31. The normalized spacial score (nSPS) is 21.7. The van der Waals surface area contributed by atoms with Crippen LogP contribution >= 0.6 is 11.6 Å². The van der Waals surface area contributed by atoms with Gasteiger partial charge in [0.25, 0.3) is 5.91 Å². The average Bonchev–Trinajstić information content (AvgIpc) is 2.85. The number of ether oxygens (including phenoxy) is 1. The molecule has 1 N–H and O–H groups in total. The molecule has 8 nitrogen and oxygen atoms in total. The van der Waals surface area contributed by atoms with Gasteiger partial charge in [0.15, 0.2) is 0 Å². The average molecular weight is 498 g/mol. The maximum absolute atomic E-state index is 13.2. The highest BCUT2D eigenvalue weighted by atomic mass is 35.5. The molecule has 1 aromatic carbocycles. The van der Waals surface area contributed by atoms with Gasteiger partial charge in [-0.25, -0.2) is 8.42 Å². The number of carbonyl (C=O) groups excluding carboxylic acids is 2. The van der Waals surface area contributed by atoms with E-state index in [9.17, 15) is 18.0 Å². The van der Waals surface area contributed by atoms with Crippen molar-refractivity contribution >= 4 is 33.4 Å². The molecule has 0 unspecified atom stereocenters. The Morgan fingerprint density at radius 2 is 1.64 bits per heavy atom. The lowest BCUT2D eigenvalue weighted by atomic mass is 9.88. The Hall–Kier alpha value is -1.68. The predicted octanol–water partition coefficient (Wildman–Crippen LogP) is 2.66. The maximum Gasteiger partial charge on any atom is 0.255 e. The first-order valence-electron chi connectivity index (χ1n) is 11.8. The van der Waals surface area contributed by atoms with Gasteiger partial charge in [-0.15, -0.1) is 0 Å². The minimum atomic E-state index is -3.72. The summed E-state index contributed by atoms with van der Waals surface area (Å²) in [6.07, 6.45) is 6.72. The Kier molecular flexibility index (Phi) is 7.94. The van der Waals surface area contributed by atoms with Crippen LogP contribution in [0.3, 0.4) is 0 Å². The van der Waals surface area contributed by atoms with Crippen LogP contribution in [0.1, 0.15) is 55.3 Å². The lowest BCUT2D eigenvalue weighted by Gasteiger charge is -2.34. The highest BCUT2D eigenvalue weighted by Crippen LogP contribution is 2.27. The van der Waals surface area contributed by atoms with Crippen LogP contribution in [0.2, 0.25) is 5.02 Å². The van der Waals surface area contributed by atoms with Crippen molar-refractivity contribution in [2.75, 3.05) is 39.4 Å². The van der Waals surface area contributed by atoms with Crippen molar-refractivity contribution < 1.29 is 22.7 Å².